The maximum absolute atomic E-state index is 6.57. The summed E-state index contributed by atoms with van der Waals surface area (Å²) in [7, 11) is 0. The second-order valence-electron chi connectivity index (χ2n) is 16.0. The highest BCUT2D eigenvalue weighted by molar-refractivity contribution is 6.16. The molecule has 1 aliphatic rings. The minimum absolute atomic E-state index is 0.0151. The summed E-state index contributed by atoms with van der Waals surface area (Å²) in [4.78, 5) is 2.55. The number of furan rings is 1. The van der Waals surface area contributed by atoms with Gasteiger partial charge in [-0.05, 0) is 87.8 Å². The van der Waals surface area contributed by atoms with Crippen LogP contribution >= 0.6 is 0 Å². The van der Waals surface area contributed by atoms with Gasteiger partial charge in [-0.15, -0.1) is 0 Å². The van der Waals surface area contributed by atoms with Crippen LogP contribution in [0.1, 0.15) is 6.04 Å². The van der Waals surface area contributed by atoms with Crippen LogP contribution in [0.25, 0.3) is 87.9 Å². The van der Waals surface area contributed by atoms with E-state index in [9.17, 15) is 0 Å². The summed E-state index contributed by atoms with van der Waals surface area (Å²) >= 11 is 0. The van der Waals surface area contributed by atoms with Crippen LogP contribution in [0.5, 0.6) is 0 Å². The zero-order valence-corrected chi connectivity index (χ0v) is 33.4. The molecular weight excluding hydrogens is 741 g/mol. The van der Waals surface area contributed by atoms with Crippen LogP contribution in [0.3, 0.4) is 0 Å². The van der Waals surface area contributed by atoms with Crippen LogP contribution in [-0.4, -0.2) is 10.6 Å². The first-order valence-electron chi connectivity index (χ1n) is 21.1. The Morgan fingerprint density at radius 1 is 0.410 bits per heavy atom. The number of fused-ring (bicyclic) bond motifs is 8. The van der Waals surface area contributed by atoms with Crippen molar-refractivity contribution in [1.29, 1.82) is 0 Å². The summed E-state index contributed by atoms with van der Waals surface area (Å²) in [6, 6.07) is 74.6. The average Bonchev–Trinajstić information content (AvgIpc) is 3.88. The molecule has 9 aromatic carbocycles. The topological polar surface area (TPSA) is 21.3 Å². The van der Waals surface area contributed by atoms with Gasteiger partial charge in [0.1, 0.15) is 11.2 Å². The molecule has 3 heteroatoms. The predicted molar refractivity (Wildman–Crippen MR) is 257 cm³/mol. The molecule has 2 heterocycles. The molecule has 11 aromatic rings. The Hall–Kier alpha value is -7.88. The quantitative estimate of drug-likeness (QED) is 0.161. The van der Waals surface area contributed by atoms with E-state index in [4.69, 9.17) is 4.42 Å². The largest absolute Gasteiger partial charge is 0.455 e. The molecule has 0 saturated heterocycles. The molecule has 0 amide bonds. The average molecular weight is 781 g/mol. The van der Waals surface area contributed by atoms with E-state index >= 15 is 0 Å². The van der Waals surface area contributed by atoms with Crippen molar-refractivity contribution in [3.05, 3.63) is 231 Å². The van der Waals surface area contributed by atoms with Gasteiger partial charge in [-0.2, -0.15) is 0 Å². The lowest BCUT2D eigenvalue weighted by atomic mass is 9.94. The molecular formula is C58H40N2O. The minimum Gasteiger partial charge on any atom is -0.455 e. The third-order valence-corrected chi connectivity index (χ3v) is 12.6. The van der Waals surface area contributed by atoms with E-state index in [1.165, 1.54) is 49.4 Å². The summed E-state index contributed by atoms with van der Waals surface area (Å²) in [6.07, 6.45) is 9.16. The number of hydrogen-bond acceptors (Lipinski definition) is 2. The van der Waals surface area contributed by atoms with E-state index in [1.54, 1.807) is 0 Å². The lowest BCUT2D eigenvalue weighted by molar-refractivity contribution is 0.559. The molecule has 0 bridgehead atoms. The standard InChI is InChI=1S/C58H40N2O/c1-2-15-39(16-3-1)42-18-14-19-43(37-42)40-29-33-45(34-30-40)59(55-27-12-13-28-56(55)60-53-25-10-7-22-48(53)49-23-8-11-26-54(49)60)52-24-9-6-20-46(52)44-32-36-57-51(38-44)50-35-31-41-17-4-5-21-47(41)58(50)61-57/h1-38,55-56H. The van der Waals surface area contributed by atoms with Crippen molar-refractivity contribution in [2.24, 2.45) is 0 Å². The lowest BCUT2D eigenvalue weighted by Crippen LogP contribution is -2.38. The van der Waals surface area contributed by atoms with E-state index in [0.717, 1.165) is 49.8 Å². The van der Waals surface area contributed by atoms with Crippen LogP contribution in [0, 0.1) is 0 Å². The Balaban J connectivity index is 1.03. The van der Waals surface area contributed by atoms with Crippen LogP contribution in [0.2, 0.25) is 0 Å². The molecule has 12 rings (SSSR count). The van der Waals surface area contributed by atoms with Crippen LogP contribution in [0.15, 0.2) is 235 Å². The minimum atomic E-state index is -0.0672. The first-order valence-corrected chi connectivity index (χ1v) is 21.1. The Morgan fingerprint density at radius 3 is 1.82 bits per heavy atom. The fourth-order valence-corrected chi connectivity index (χ4v) is 9.73. The fourth-order valence-electron chi connectivity index (χ4n) is 9.73. The van der Waals surface area contributed by atoms with Gasteiger partial charge in [0.05, 0.1) is 12.1 Å². The van der Waals surface area contributed by atoms with E-state index < -0.39 is 0 Å². The van der Waals surface area contributed by atoms with Gasteiger partial charge < -0.3 is 13.9 Å². The Morgan fingerprint density at radius 2 is 1.03 bits per heavy atom. The molecule has 2 aromatic heterocycles. The molecule has 0 aliphatic heterocycles. The molecule has 0 N–H and O–H groups in total. The Labute approximate surface area is 354 Å². The molecule has 1 aliphatic carbocycles. The normalized spacial score (nSPS) is 15.1. The highest BCUT2D eigenvalue weighted by Crippen LogP contribution is 2.45. The van der Waals surface area contributed by atoms with Crippen molar-refractivity contribution in [2.45, 2.75) is 12.1 Å². The molecule has 0 saturated carbocycles. The van der Waals surface area contributed by atoms with Crippen LogP contribution in [0.4, 0.5) is 11.4 Å². The summed E-state index contributed by atoms with van der Waals surface area (Å²) in [5, 5.41) is 7.09. The van der Waals surface area contributed by atoms with Crippen LogP contribution < -0.4 is 4.90 Å². The molecule has 0 radical (unpaired) electrons. The second kappa shape index (κ2) is 14.4. The Bertz CT molecular complexity index is 3440. The van der Waals surface area contributed by atoms with Gasteiger partial charge >= 0.3 is 0 Å². The lowest BCUT2D eigenvalue weighted by Gasteiger charge is -2.39. The molecule has 2 atom stereocenters. The first kappa shape index (κ1) is 35.1. The van der Waals surface area contributed by atoms with Gasteiger partial charge in [-0.3, -0.25) is 0 Å². The number of hydrogen-bond donors (Lipinski definition) is 0. The van der Waals surface area contributed by atoms with Gasteiger partial charge in [0.2, 0.25) is 0 Å². The van der Waals surface area contributed by atoms with Crippen molar-refractivity contribution in [2.75, 3.05) is 4.90 Å². The first-order chi connectivity index (χ1) is 30.3. The molecule has 61 heavy (non-hydrogen) atoms. The maximum Gasteiger partial charge on any atom is 0.143 e. The molecule has 2 unspecified atom stereocenters. The smallest absolute Gasteiger partial charge is 0.143 e. The van der Waals surface area contributed by atoms with Gasteiger partial charge in [0.15, 0.2) is 0 Å². The van der Waals surface area contributed by atoms with Gasteiger partial charge in [0, 0.05) is 54.9 Å². The zero-order chi connectivity index (χ0) is 40.3. The molecule has 0 spiro atoms. The van der Waals surface area contributed by atoms with Crippen molar-refractivity contribution in [3.8, 4) is 33.4 Å². The van der Waals surface area contributed by atoms with Crippen molar-refractivity contribution < 1.29 is 4.42 Å². The highest BCUT2D eigenvalue weighted by Gasteiger charge is 2.32. The van der Waals surface area contributed by atoms with Crippen molar-refractivity contribution in [3.63, 3.8) is 0 Å². The van der Waals surface area contributed by atoms with E-state index in [2.05, 4.69) is 240 Å². The van der Waals surface area contributed by atoms with E-state index in [0.29, 0.717) is 0 Å². The Kier molecular flexibility index (Phi) is 8.31. The zero-order valence-electron chi connectivity index (χ0n) is 33.4. The number of para-hydroxylation sites is 3. The van der Waals surface area contributed by atoms with Crippen molar-refractivity contribution in [1.82, 2.24) is 4.57 Å². The summed E-state index contributed by atoms with van der Waals surface area (Å²) in [5.74, 6) is 0. The van der Waals surface area contributed by atoms with Gasteiger partial charge in [-0.25, -0.2) is 0 Å². The fraction of sp³-hybridized carbons (Fsp3) is 0.0345. The third kappa shape index (κ3) is 5.89. The summed E-state index contributed by atoms with van der Waals surface area (Å²) < 4.78 is 9.12. The van der Waals surface area contributed by atoms with Crippen molar-refractivity contribution >= 4 is 65.9 Å². The van der Waals surface area contributed by atoms with Crippen LogP contribution in [-0.2, 0) is 0 Å². The predicted octanol–water partition coefficient (Wildman–Crippen LogP) is 15.7. The van der Waals surface area contributed by atoms with Gasteiger partial charge in [0.25, 0.3) is 0 Å². The molecule has 288 valence electrons. The number of allylic oxidation sites excluding steroid dienone is 2. The monoisotopic (exact) mass is 780 g/mol. The summed E-state index contributed by atoms with van der Waals surface area (Å²) in [5.41, 5.74) is 13.6. The number of benzene rings is 9. The van der Waals surface area contributed by atoms with Gasteiger partial charge in [-0.1, -0.05) is 176 Å². The SMILES string of the molecule is C1=CC(N(c2ccc(-c3cccc(-c4ccccc4)c3)cc2)c2ccccc2-c2ccc3oc4c5ccccc5ccc4c3c2)C(n2c3ccccc3c3ccccc32)C=C1. The number of anilines is 2. The molecule has 3 nitrogen and oxygen atoms in total. The molecule has 0 fully saturated rings. The summed E-state index contributed by atoms with van der Waals surface area (Å²) in [6.45, 7) is 0. The van der Waals surface area contributed by atoms with E-state index in [1.807, 2.05) is 0 Å². The number of rotatable bonds is 7. The highest BCUT2D eigenvalue weighted by atomic mass is 16.3. The van der Waals surface area contributed by atoms with E-state index in [-0.39, 0.29) is 12.1 Å². The third-order valence-electron chi connectivity index (χ3n) is 12.6. The maximum atomic E-state index is 6.57. The second-order valence-corrected chi connectivity index (χ2v) is 16.0. The number of aromatic nitrogens is 1. The number of nitrogens with zero attached hydrogens (tertiary/aromatic N) is 2.